The van der Waals surface area contributed by atoms with E-state index in [1.54, 1.807) is 0 Å². The highest BCUT2D eigenvalue weighted by Crippen LogP contribution is 2.37. The second-order valence-electron chi connectivity index (χ2n) is 12.7. The minimum absolute atomic E-state index is 0.00140. The molecule has 2 N–H and O–H groups in total. The van der Waals surface area contributed by atoms with Gasteiger partial charge in [0.05, 0.1) is 17.0 Å². The van der Waals surface area contributed by atoms with Crippen LogP contribution >= 0.6 is 0 Å². The minimum atomic E-state index is -4.04. The van der Waals surface area contributed by atoms with Gasteiger partial charge in [-0.2, -0.15) is 0 Å². The van der Waals surface area contributed by atoms with E-state index in [2.05, 4.69) is 54.2 Å². The molecule has 0 heterocycles. The third-order valence-electron chi connectivity index (χ3n) is 8.36. The molecule has 4 rings (SSSR count). The van der Waals surface area contributed by atoms with Crippen LogP contribution in [0.3, 0.4) is 0 Å². The molecule has 1 aliphatic rings. The number of sulfonamides is 1. The molecule has 0 aromatic heterocycles. The summed E-state index contributed by atoms with van der Waals surface area (Å²) < 4.78 is 32.4. The van der Waals surface area contributed by atoms with Crippen molar-refractivity contribution in [2.24, 2.45) is 0 Å². The maximum atomic E-state index is 14.7. The lowest BCUT2D eigenvalue weighted by Gasteiger charge is -2.31. The highest BCUT2D eigenvalue weighted by atomic mass is 32.2. The summed E-state index contributed by atoms with van der Waals surface area (Å²) in [6.07, 6.45) is 9.25. The van der Waals surface area contributed by atoms with Gasteiger partial charge in [-0.3, -0.25) is 4.79 Å². The topological polar surface area (TPSA) is 75.3 Å². The lowest BCUT2D eigenvalue weighted by molar-refractivity contribution is -0.122. The molecule has 0 aliphatic heterocycles. The Hall–Kier alpha value is -3.48. The van der Waals surface area contributed by atoms with Gasteiger partial charge in [0.1, 0.15) is 0 Å². The van der Waals surface area contributed by atoms with Crippen LogP contribution in [-0.2, 0) is 14.8 Å². The van der Waals surface area contributed by atoms with Gasteiger partial charge in [-0.05, 0) is 64.8 Å². The first-order valence-electron chi connectivity index (χ1n) is 15.9. The van der Waals surface area contributed by atoms with Crippen LogP contribution in [0.25, 0.3) is 0 Å². The van der Waals surface area contributed by atoms with Crippen LogP contribution in [0.15, 0.2) is 101 Å². The van der Waals surface area contributed by atoms with E-state index in [4.69, 9.17) is 0 Å². The molecule has 1 amide bonds. The van der Waals surface area contributed by atoms with E-state index in [9.17, 15) is 13.2 Å². The average Bonchev–Trinajstić information content (AvgIpc) is 3.02. The third-order valence-corrected chi connectivity index (χ3v) is 9.93. The molecule has 1 aliphatic carbocycles. The molecule has 0 radical (unpaired) electrons. The first-order chi connectivity index (χ1) is 21.0. The Kier molecular flexibility index (Phi) is 11.4. The standard InChI is InChI=1S/C38H48N2O3S/c1-26(2)32-24-33(27(3)4)38(34(25-32)28(5)6)44(42,43)40-37(31-20-14-9-15-21-31)36(30-18-12-8-13-19-30)39-35(41)23-22-29-16-10-7-11-17-29/h7-10,12-15,17-21,24-28,36-37,40H,11,16,22-23H2,1-6H3,(H,39,41)/t36-,37-/m0/s1. The van der Waals surface area contributed by atoms with Gasteiger partial charge in [-0.1, -0.05) is 138 Å². The van der Waals surface area contributed by atoms with Gasteiger partial charge in [-0.15, -0.1) is 0 Å². The van der Waals surface area contributed by atoms with E-state index in [0.29, 0.717) is 17.7 Å². The summed E-state index contributed by atoms with van der Waals surface area (Å²) >= 11 is 0. The van der Waals surface area contributed by atoms with Gasteiger partial charge >= 0.3 is 0 Å². The molecule has 0 spiro atoms. The second-order valence-corrected chi connectivity index (χ2v) is 14.4. The van der Waals surface area contributed by atoms with Crippen molar-refractivity contribution < 1.29 is 13.2 Å². The van der Waals surface area contributed by atoms with Crippen molar-refractivity contribution in [3.8, 4) is 0 Å². The number of amides is 1. The molecule has 3 aromatic carbocycles. The van der Waals surface area contributed by atoms with Crippen molar-refractivity contribution in [2.45, 2.75) is 102 Å². The van der Waals surface area contributed by atoms with Crippen LogP contribution in [-0.4, -0.2) is 14.3 Å². The molecule has 5 nitrogen and oxygen atoms in total. The number of carbonyl (C=O) groups is 1. The second kappa shape index (κ2) is 15.0. The van der Waals surface area contributed by atoms with Gasteiger partial charge in [0.15, 0.2) is 0 Å². The first-order valence-corrected chi connectivity index (χ1v) is 17.4. The van der Waals surface area contributed by atoms with Gasteiger partial charge in [0, 0.05) is 6.42 Å². The highest BCUT2D eigenvalue weighted by Gasteiger charge is 2.34. The van der Waals surface area contributed by atoms with E-state index in [1.807, 2.05) is 88.4 Å². The monoisotopic (exact) mass is 612 g/mol. The van der Waals surface area contributed by atoms with Crippen LogP contribution in [0, 0.1) is 0 Å². The number of carbonyl (C=O) groups excluding carboxylic acids is 1. The maximum absolute atomic E-state index is 14.7. The average molecular weight is 613 g/mol. The highest BCUT2D eigenvalue weighted by molar-refractivity contribution is 7.89. The van der Waals surface area contributed by atoms with Gasteiger partial charge in [-0.25, -0.2) is 13.1 Å². The fourth-order valence-electron chi connectivity index (χ4n) is 5.81. The summed E-state index contributed by atoms with van der Waals surface area (Å²) in [4.78, 5) is 13.8. The molecular formula is C38H48N2O3S. The van der Waals surface area contributed by atoms with Crippen molar-refractivity contribution in [3.05, 3.63) is 124 Å². The van der Waals surface area contributed by atoms with Gasteiger partial charge in [0.2, 0.25) is 15.9 Å². The minimum Gasteiger partial charge on any atom is -0.347 e. The fourth-order valence-corrected chi connectivity index (χ4v) is 7.74. The Balaban J connectivity index is 1.79. The Morgan fingerprint density at radius 1 is 0.727 bits per heavy atom. The Labute approximate surface area is 264 Å². The van der Waals surface area contributed by atoms with Crippen molar-refractivity contribution in [1.29, 1.82) is 0 Å². The van der Waals surface area contributed by atoms with Crippen molar-refractivity contribution in [2.75, 3.05) is 0 Å². The van der Waals surface area contributed by atoms with E-state index in [-0.39, 0.29) is 23.7 Å². The number of rotatable bonds is 13. The predicted octanol–water partition coefficient (Wildman–Crippen LogP) is 8.99. The maximum Gasteiger partial charge on any atom is 0.241 e. The zero-order valence-corrected chi connectivity index (χ0v) is 27.8. The zero-order chi connectivity index (χ0) is 31.9. The molecule has 3 aromatic rings. The van der Waals surface area contributed by atoms with Crippen LogP contribution in [0.4, 0.5) is 0 Å². The Morgan fingerprint density at radius 2 is 1.27 bits per heavy atom. The number of allylic oxidation sites excluding steroid dienone is 4. The molecule has 0 saturated heterocycles. The summed E-state index contributed by atoms with van der Waals surface area (Å²) in [5.41, 5.74) is 5.63. The zero-order valence-electron chi connectivity index (χ0n) is 27.0. The number of benzene rings is 3. The van der Waals surface area contributed by atoms with Crippen LogP contribution in [0.1, 0.15) is 125 Å². The molecule has 234 valence electrons. The quantitative estimate of drug-likeness (QED) is 0.189. The fraction of sp³-hybridized carbons (Fsp3) is 0.395. The van der Waals surface area contributed by atoms with E-state index in [1.165, 1.54) is 5.57 Å². The summed E-state index contributed by atoms with van der Waals surface area (Å²) in [6, 6.07) is 22.0. The first kappa shape index (κ1) is 33.4. The molecule has 6 heteroatoms. The largest absolute Gasteiger partial charge is 0.347 e. The summed E-state index contributed by atoms with van der Waals surface area (Å²) in [6.45, 7) is 12.4. The molecule has 0 saturated carbocycles. The van der Waals surface area contributed by atoms with Crippen molar-refractivity contribution in [1.82, 2.24) is 10.0 Å². The Bertz CT molecular complexity index is 1540. The molecule has 0 unspecified atom stereocenters. The van der Waals surface area contributed by atoms with Crippen LogP contribution in [0.2, 0.25) is 0 Å². The lowest BCUT2D eigenvalue weighted by Crippen LogP contribution is -2.41. The summed E-state index contributed by atoms with van der Waals surface area (Å²) in [7, 11) is -4.04. The molecule has 2 atom stereocenters. The number of hydrogen-bond acceptors (Lipinski definition) is 3. The van der Waals surface area contributed by atoms with E-state index < -0.39 is 22.1 Å². The van der Waals surface area contributed by atoms with Gasteiger partial charge < -0.3 is 5.32 Å². The van der Waals surface area contributed by atoms with Crippen molar-refractivity contribution in [3.63, 3.8) is 0 Å². The molecule has 44 heavy (non-hydrogen) atoms. The predicted molar refractivity (Wildman–Crippen MR) is 181 cm³/mol. The smallest absolute Gasteiger partial charge is 0.241 e. The normalized spacial score (nSPS) is 15.0. The Morgan fingerprint density at radius 3 is 1.75 bits per heavy atom. The molecule has 0 bridgehead atoms. The SMILES string of the molecule is CC(C)c1cc(C(C)C)c(S(=O)(=O)N[C@@H](c2ccccc2)[C@@H](NC(=O)CCC2=CCC=CC2)c2ccccc2)c(C(C)C)c1. The molecule has 0 fully saturated rings. The van der Waals surface area contributed by atoms with Gasteiger partial charge in [0.25, 0.3) is 0 Å². The van der Waals surface area contributed by atoms with E-state index in [0.717, 1.165) is 40.7 Å². The van der Waals surface area contributed by atoms with Crippen molar-refractivity contribution >= 4 is 15.9 Å². The summed E-state index contributed by atoms with van der Waals surface area (Å²) in [5, 5.41) is 3.23. The third kappa shape index (κ3) is 8.36. The van der Waals surface area contributed by atoms with Crippen LogP contribution < -0.4 is 10.0 Å². The summed E-state index contributed by atoms with van der Waals surface area (Å²) in [5.74, 6) is 0.161. The van der Waals surface area contributed by atoms with E-state index >= 15 is 0 Å². The molecular weight excluding hydrogens is 564 g/mol. The lowest BCUT2D eigenvalue weighted by atomic mass is 9.89. The van der Waals surface area contributed by atoms with Crippen LogP contribution in [0.5, 0.6) is 0 Å². The number of hydrogen-bond donors (Lipinski definition) is 2. The number of nitrogens with one attached hydrogen (secondary N) is 2.